The third kappa shape index (κ3) is 7.17. The van der Waals surface area contributed by atoms with Gasteiger partial charge in [0.15, 0.2) is 21.0 Å². The Kier molecular flexibility index (Phi) is 7.69. The molecule has 9 nitrogen and oxygen atoms in total. The molecular weight excluding hydrogens is 466 g/mol. The van der Waals surface area contributed by atoms with Crippen molar-refractivity contribution in [2.24, 2.45) is 0 Å². The molecule has 0 saturated carbocycles. The molecule has 0 aliphatic rings. The number of halogens is 1. The van der Waals surface area contributed by atoms with Gasteiger partial charge in [-0.3, -0.25) is 5.32 Å². The van der Waals surface area contributed by atoms with Crippen LogP contribution in [0.15, 0.2) is 23.1 Å². The number of hydrogen-bond donors (Lipinski definition) is 3. The van der Waals surface area contributed by atoms with Gasteiger partial charge in [-0.2, -0.15) is 0 Å². The number of ether oxygens (including phenoxy) is 1. The third-order valence-electron chi connectivity index (χ3n) is 3.90. The van der Waals surface area contributed by atoms with E-state index in [4.69, 9.17) is 16.3 Å². The molecule has 0 saturated heterocycles. The molecule has 2 rings (SSSR count). The zero-order valence-corrected chi connectivity index (χ0v) is 20.0. The van der Waals surface area contributed by atoms with Gasteiger partial charge in [0.25, 0.3) is 0 Å². The number of nitrogens with one attached hydrogen (secondary N) is 2. The van der Waals surface area contributed by atoms with Crippen LogP contribution in [0.5, 0.6) is 0 Å². The Labute approximate surface area is 189 Å². The summed E-state index contributed by atoms with van der Waals surface area (Å²) in [5.74, 6) is -1.23. The minimum Gasteiger partial charge on any atom is -0.480 e. The quantitative estimate of drug-likeness (QED) is 0.541. The second-order valence-corrected chi connectivity index (χ2v) is 11.2. The lowest BCUT2D eigenvalue weighted by atomic mass is 10.2. The highest BCUT2D eigenvalue weighted by Gasteiger charge is 2.24. The number of aryl methyl sites for hydroxylation is 1. The normalized spacial score (nSPS) is 13.0. The second kappa shape index (κ2) is 9.51. The van der Waals surface area contributed by atoms with E-state index >= 15 is 0 Å². The zero-order valence-electron chi connectivity index (χ0n) is 17.6. The highest BCUT2D eigenvalue weighted by molar-refractivity contribution is 7.90. The molecule has 0 fully saturated rings. The lowest BCUT2D eigenvalue weighted by Crippen LogP contribution is -2.47. The molecule has 2 aromatic rings. The number of carboxylic acids is 1. The van der Waals surface area contributed by atoms with Crippen molar-refractivity contribution in [1.82, 2.24) is 10.3 Å². The highest BCUT2D eigenvalue weighted by Crippen LogP contribution is 2.35. The molecule has 3 N–H and O–H groups in total. The third-order valence-corrected chi connectivity index (χ3v) is 6.60. The molecule has 0 aliphatic heterocycles. The van der Waals surface area contributed by atoms with Gasteiger partial charge in [0.2, 0.25) is 0 Å². The number of amides is 2. The molecule has 1 heterocycles. The smallest absolute Gasteiger partial charge is 0.328 e. The van der Waals surface area contributed by atoms with Crippen molar-refractivity contribution in [3.8, 4) is 10.4 Å². The number of carboxylic acid groups (broad SMARTS) is 1. The Morgan fingerprint density at radius 1 is 1.32 bits per heavy atom. The van der Waals surface area contributed by atoms with Crippen molar-refractivity contribution in [2.75, 3.05) is 18.2 Å². The van der Waals surface area contributed by atoms with E-state index in [1.165, 1.54) is 12.1 Å². The predicted molar refractivity (Wildman–Crippen MR) is 120 cm³/mol. The van der Waals surface area contributed by atoms with E-state index < -0.39 is 33.5 Å². The molecule has 0 bridgehead atoms. The van der Waals surface area contributed by atoms with Gasteiger partial charge >= 0.3 is 12.0 Å². The van der Waals surface area contributed by atoms with Gasteiger partial charge in [0.1, 0.15) is 0 Å². The number of sulfone groups is 1. The Morgan fingerprint density at radius 2 is 1.97 bits per heavy atom. The lowest BCUT2D eigenvalue weighted by Gasteiger charge is -2.23. The van der Waals surface area contributed by atoms with E-state index in [1.807, 2.05) is 0 Å². The molecular formula is C19H24ClN3O6S2. The summed E-state index contributed by atoms with van der Waals surface area (Å²) < 4.78 is 29.3. The number of carbonyl (C=O) groups is 2. The molecule has 1 atom stereocenters. The van der Waals surface area contributed by atoms with Gasteiger partial charge in [0, 0.05) is 6.26 Å². The van der Waals surface area contributed by atoms with E-state index in [1.54, 1.807) is 33.8 Å². The first-order chi connectivity index (χ1) is 14.2. The van der Waals surface area contributed by atoms with Crippen LogP contribution in [0, 0.1) is 6.92 Å². The van der Waals surface area contributed by atoms with Crippen molar-refractivity contribution in [1.29, 1.82) is 0 Å². The number of urea groups is 1. The van der Waals surface area contributed by atoms with E-state index in [2.05, 4.69) is 15.6 Å². The molecule has 12 heteroatoms. The van der Waals surface area contributed by atoms with Crippen molar-refractivity contribution < 1.29 is 27.9 Å². The van der Waals surface area contributed by atoms with Crippen molar-refractivity contribution >= 4 is 49.9 Å². The SMILES string of the molecule is Cc1nc(NC(=O)N[C@H](COC(C)(C)C)C(=O)O)sc1-c1ccc(Cl)c(S(C)(=O)=O)c1. The second-order valence-electron chi connectivity index (χ2n) is 7.76. The van der Waals surface area contributed by atoms with E-state index in [0.717, 1.165) is 17.6 Å². The summed E-state index contributed by atoms with van der Waals surface area (Å²) in [7, 11) is -3.52. The van der Waals surface area contributed by atoms with Crippen LogP contribution >= 0.6 is 22.9 Å². The van der Waals surface area contributed by atoms with Crippen molar-refractivity contribution in [2.45, 2.75) is 44.2 Å². The van der Waals surface area contributed by atoms with Gasteiger partial charge in [-0.25, -0.2) is 23.0 Å². The molecule has 0 radical (unpaired) electrons. The molecule has 31 heavy (non-hydrogen) atoms. The predicted octanol–water partition coefficient (Wildman–Crippen LogP) is 3.57. The van der Waals surface area contributed by atoms with Crippen molar-refractivity contribution in [3.05, 3.63) is 28.9 Å². The molecule has 1 aromatic carbocycles. The van der Waals surface area contributed by atoms with Gasteiger partial charge in [-0.05, 0) is 45.4 Å². The van der Waals surface area contributed by atoms with Gasteiger partial charge in [0.05, 0.1) is 32.7 Å². The maximum Gasteiger partial charge on any atom is 0.328 e. The van der Waals surface area contributed by atoms with Crippen LogP contribution in [-0.2, 0) is 19.4 Å². The van der Waals surface area contributed by atoms with Crippen LogP contribution in [0.3, 0.4) is 0 Å². The fourth-order valence-electron chi connectivity index (χ4n) is 2.45. The Bertz CT molecular complexity index is 1090. The Morgan fingerprint density at radius 3 is 2.52 bits per heavy atom. The van der Waals surface area contributed by atoms with Crippen LogP contribution < -0.4 is 10.6 Å². The van der Waals surface area contributed by atoms with Crippen LogP contribution in [0.2, 0.25) is 5.02 Å². The average molecular weight is 490 g/mol. The number of hydrogen-bond acceptors (Lipinski definition) is 7. The van der Waals surface area contributed by atoms with Crippen molar-refractivity contribution in [3.63, 3.8) is 0 Å². The summed E-state index contributed by atoms with van der Waals surface area (Å²) >= 11 is 7.11. The number of anilines is 1. The van der Waals surface area contributed by atoms with Crippen LogP contribution in [0.1, 0.15) is 26.5 Å². The molecule has 0 aliphatic carbocycles. The van der Waals surface area contributed by atoms with Crippen LogP contribution in [0.25, 0.3) is 10.4 Å². The molecule has 2 amide bonds. The fourth-order valence-corrected chi connectivity index (χ4v) is 4.71. The van der Waals surface area contributed by atoms with Gasteiger partial charge in [-0.1, -0.05) is 29.0 Å². The minimum atomic E-state index is -3.52. The number of aliphatic carboxylic acids is 1. The summed E-state index contributed by atoms with van der Waals surface area (Å²) in [6.45, 7) is 6.84. The molecule has 0 spiro atoms. The average Bonchev–Trinajstić information content (AvgIpc) is 2.97. The topological polar surface area (TPSA) is 135 Å². The van der Waals surface area contributed by atoms with E-state index in [0.29, 0.717) is 16.1 Å². The Balaban J connectivity index is 2.18. The largest absolute Gasteiger partial charge is 0.480 e. The number of carbonyl (C=O) groups excluding carboxylic acids is 1. The molecule has 1 aromatic heterocycles. The maximum atomic E-state index is 12.3. The fraction of sp³-hybridized carbons (Fsp3) is 0.421. The standard InChI is InChI=1S/C19H24ClN3O6S2/c1-10-15(11-6-7-12(20)14(8-11)31(5,27)28)30-18(21-10)23-17(26)22-13(16(24)25)9-29-19(2,3)4/h6-8,13H,9H2,1-5H3,(H,24,25)(H2,21,22,23,26)/t13-/m1/s1. The van der Waals surface area contributed by atoms with Gasteiger partial charge in [-0.15, -0.1) is 0 Å². The minimum absolute atomic E-state index is 0.00475. The molecule has 170 valence electrons. The summed E-state index contributed by atoms with van der Waals surface area (Å²) in [5, 5.41) is 14.5. The van der Waals surface area contributed by atoms with Crippen LogP contribution in [0.4, 0.5) is 9.93 Å². The number of nitrogens with zero attached hydrogens (tertiary/aromatic N) is 1. The lowest BCUT2D eigenvalue weighted by molar-refractivity contribution is -0.142. The number of thiazole rings is 1. The van der Waals surface area contributed by atoms with Gasteiger partial charge < -0.3 is 15.2 Å². The van der Waals surface area contributed by atoms with E-state index in [-0.39, 0.29) is 21.7 Å². The monoisotopic (exact) mass is 489 g/mol. The first kappa shape index (κ1) is 25.1. The Hall–Kier alpha value is -2.21. The first-order valence-electron chi connectivity index (χ1n) is 9.09. The number of rotatable bonds is 7. The number of benzene rings is 1. The summed E-state index contributed by atoms with van der Waals surface area (Å²) in [6, 6.07) is 2.60. The summed E-state index contributed by atoms with van der Waals surface area (Å²) in [4.78, 5) is 28.6. The maximum absolute atomic E-state index is 12.3. The van der Waals surface area contributed by atoms with Crippen LogP contribution in [-0.4, -0.2) is 55.0 Å². The highest BCUT2D eigenvalue weighted by atomic mass is 35.5. The first-order valence-corrected chi connectivity index (χ1v) is 12.2. The zero-order chi connectivity index (χ0) is 23.6. The summed E-state index contributed by atoms with van der Waals surface area (Å²) in [6.07, 6.45) is 1.07. The van der Waals surface area contributed by atoms with E-state index in [9.17, 15) is 23.1 Å². The summed E-state index contributed by atoms with van der Waals surface area (Å²) in [5.41, 5.74) is 0.583. The number of aromatic nitrogens is 1. The molecule has 0 unspecified atom stereocenters.